The van der Waals surface area contributed by atoms with Gasteiger partial charge in [0, 0.05) is 0 Å². The minimum Gasteiger partial charge on any atom is -0.379 e. The van der Waals surface area contributed by atoms with Gasteiger partial charge in [-0.15, -0.1) is 0 Å². The van der Waals surface area contributed by atoms with E-state index in [1.807, 2.05) is 19.1 Å². The van der Waals surface area contributed by atoms with E-state index in [0.29, 0.717) is 12.4 Å². The van der Waals surface area contributed by atoms with Crippen molar-refractivity contribution in [2.24, 2.45) is 0 Å². The van der Waals surface area contributed by atoms with Gasteiger partial charge in [0.15, 0.2) is 0 Å². The zero-order valence-corrected chi connectivity index (χ0v) is 14.5. The van der Waals surface area contributed by atoms with Gasteiger partial charge in [0.1, 0.15) is 10.6 Å². The van der Waals surface area contributed by atoms with Crippen LogP contribution in [0.2, 0.25) is 0 Å². The van der Waals surface area contributed by atoms with Crippen LogP contribution in [0.15, 0.2) is 65.1 Å². The standard InChI is InChI=1S/C19H20O4S/c1-14-3-9-18(10-4-14)24(20,21)23-17-7-5-16(6-8-17)19-13-15(2)11-12-22-19/h3-11,19H,12-13H2,1-2H3. The Bertz CT molecular complexity index is 834. The van der Waals surface area contributed by atoms with Gasteiger partial charge in [0.25, 0.3) is 0 Å². The molecule has 0 aliphatic carbocycles. The Morgan fingerprint density at radius 2 is 1.67 bits per heavy atom. The predicted molar refractivity (Wildman–Crippen MR) is 92.5 cm³/mol. The number of hydrogen-bond donors (Lipinski definition) is 0. The molecule has 0 fully saturated rings. The summed E-state index contributed by atoms with van der Waals surface area (Å²) in [5.41, 5.74) is 3.31. The third-order valence-electron chi connectivity index (χ3n) is 4.00. The van der Waals surface area contributed by atoms with Crippen LogP contribution >= 0.6 is 0 Å². The number of benzene rings is 2. The molecule has 5 heteroatoms. The maximum absolute atomic E-state index is 12.3. The molecular weight excluding hydrogens is 324 g/mol. The van der Waals surface area contributed by atoms with Crippen molar-refractivity contribution in [3.05, 3.63) is 71.3 Å². The number of ether oxygens (including phenoxy) is 1. The molecule has 1 atom stereocenters. The van der Waals surface area contributed by atoms with Gasteiger partial charge >= 0.3 is 10.1 Å². The van der Waals surface area contributed by atoms with Gasteiger partial charge in [0.05, 0.1) is 12.7 Å². The molecule has 1 unspecified atom stereocenters. The molecular formula is C19H20O4S. The smallest absolute Gasteiger partial charge is 0.339 e. The van der Waals surface area contributed by atoms with Crippen molar-refractivity contribution < 1.29 is 17.3 Å². The fourth-order valence-electron chi connectivity index (χ4n) is 2.57. The summed E-state index contributed by atoms with van der Waals surface area (Å²) in [6, 6.07) is 13.6. The minimum absolute atomic E-state index is 0.0118. The molecule has 0 spiro atoms. The maximum atomic E-state index is 12.3. The highest BCUT2D eigenvalue weighted by Crippen LogP contribution is 2.30. The fourth-order valence-corrected chi connectivity index (χ4v) is 3.50. The van der Waals surface area contributed by atoms with Crippen molar-refractivity contribution in [3.8, 4) is 5.75 Å². The molecule has 0 radical (unpaired) electrons. The van der Waals surface area contributed by atoms with E-state index in [9.17, 15) is 8.42 Å². The normalized spacial score (nSPS) is 18.1. The van der Waals surface area contributed by atoms with Crippen LogP contribution in [0.4, 0.5) is 0 Å². The molecule has 1 heterocycles. The summed E-state index contributed by atoms with van der Waals surface area (Å²) in [6.45, 7) is 4.60. The van der Waals surface area contributed by atoms with Crippen LogP contribution < -0.4 is 4.18 Å². The van der Waals surface area contributed by atoms with E-state index >= 15 is 0 Å². The minimum atomic E-state index is -3.82. The number of aryl methyl sites for hydroxylation is 1. The second-order valence-corrected chi connectivity index (χ2v) is 7.54. The zero-order chi connectivity index (χ0) is 17.2. The summed E-state index contributed by atoms with van der Waals surface area (Å²) in [4.78, 5) is 0.147. The first-order valence-corrected chi connectivity index (χ1v) is 9.23. The van der Waals surface area contributed by atoms with Crippen LogP contribution in [0.1, 0.15) is 30.6 Å². The molecule has 2 aromatic rings. The average Bonchev–Trinajstić information content (AvgIpc) is 2.55. The maximum Gasteiger partial charge on any atom is 0.339 e. The van der Waals surface area contributed by atoms with Crippen LogP contribution in [0.5, 0.6) is 5.75 Å². The van der Waals surface area contributed by atoms with Gasteiger partial charge in [-0.1, -0.05) is 41.5 Å². The first-order valence-electron chi connectivity index (χ1n) is 7.82. The largest absolute Gasteiger partial charge is 0.379 e. The molecule has 0 aromatic heterocycles. The fraction of sp³-hybridized carbons (Fsp3) is 0.263. The van der Waals surface area contributed by atoms with Gasteiger partial charge in [-0.2, -0.15) is 8.42 Å². The van der Waals surface area contributed by atoms with Crippen molar-refractivity contribution in [2.45, 2.75) is 31.3 Å². The first kappa shape index (κ1) is 16.7. The lowest BCUT2D eigenvalue weighted by Gasteiger charge is -2.22. The van der Waals surface area contributed by atoms with E-state index in [2.05, 4.69) is 13.0 Å². The lowest BCUT2D eigenvalue weighted by Crippen LogP contribution is -2.11. The lowest BCUT2D eigenvalue weighted by molar-refractivity contribution is 0.0641. The van der Waals surface area contributed by atoms with Crippen LogP contribution in [-0.4, -0.2) is 15.0 Å². The molecule has 0 amide bonds. The second kappa shape index (κ2) is 6.79. The van der Waals surface area contributed by atoms with Gasteiger partial charge in [-0.25, -0.2) is 0 Å². The highest BCUT2D eigenvalue weighted by molar-refractivity contribution is 7.87. The summed E-state index contributed by atoms with van der Waals surface area (Å²) in [5.74, 6) is 0.294. The molecule has 24 heavy (non-hydrogen) atoms. The first-order chi connectivity index (χ1) is 11.4. The molecule has 4 nitrogen and oxygen atoms in total. The van der Waals surface area contributed by atoms with Gasteiger partial charge in [-0.05, 0) is 50.1 Å². The Morgan fingerprint density at radius 1 is 1.00 bits per heavy atom. The van der Waals surface area contributed by atoms with Crippen molar-refractivity contribution in [2.75, 3.05) is 6.61 Å². The monoisotopic (exact) mass is 344 g/mol. The Hall–Kier alpha value is -2.11. The molecule has 3 rings (SSSR count). The van der Waals surface area contributed by atoms with Gasteiger partial charge in [-0.3, -0.25) is 0 Å². The molecule has 0 saturated heterocycles. The average molecular weight is 344 g/mol. The van der Waals surface area contributed by atoms with Crippen molar-refractivity contribution in [1.29, 1.82) is 0 Å². The molecule has 2 aromatic carbocycles. The Labute approximate surface area is 142 Å². The third-order valence-corrected chi connectivity index (χ3v) is 5.27. The number of hydrogen-bond acceptors (Lipinski definition) is 4. The molecule has 0 bridgehead atoms. The molecule has 0 N–H and O–H groups in total. The van der Waals surface area contributed by atoms with E-state index in [-0.39, 0.29) is 11.0 Å². The lowest BCUT2D eigenvalue weighted by atomic mass is 10.0. The molecule has 126 valence electrons. The van der Waals surface area contributed by atoms with Gasteiger partial charge < -0.3 is 8.92 Å². The summed E-state index contributed by atoms with van der Waals surface area (Å²) in [6.07, 6.45) is 2.93. The van der Waals surface area contributed by atoms with Gasteiger partial charge in [0.2, 0.25) is 0 Å². The summed E-state index contributed by atoms with van der Waals surface area (Å²) in [7, 11) is -3.82. The number of rotatable bonds is 4. The van der Waals surface area contributed by atoms with Crippen LogP contribution in [-0.2, 0) is 14.9 Å². The predicted octanol–water partition coefficient (Wildman–Crippen LogP) is 4.17. The summed E-state index contributed by atoms with van der Waals surface area (Å²) < 4.78 is 35.5. The topological polar surface area (TPSA) is 52.6 Å². The van der Waals surface area contributed by atoms with Crippen molar-refractivity contribution in [3.63, 3.8) is 0 Å². The summed E-state index contributed by atoms with van der Waals surface area (Å²) >= 11 is 0. The van der Waals surface area contributed by atoms with Crippen molar-refractivity contribution in [1.82, 2.24) is 0 Å². The van der Waals surface area contributed by atoms with Crippen LogP contribution in [0.3, 0.4) is 0 Å². The van der Waals surface area contributed by atoms with E-state index in [0.717, 1.165) is 17.5 Å². The van der Waals surface area contributed by atoms with Crippen molar-refractivity contribution >= 4 is 10.1 Å². The van der Waals surface area contributed by atoms with E-state index in [1.54, 1.807) is 36.4 Å². The highest BCUT2D eigenvalue weighted by atomic mass is 32.2. The van der Waals surface area contributed by atoms with E-state index < -0.39 is 10.1 Å². The highest BCUT2D eigenvalue weighted by Gasteiger charge is 2.18. The van der Waals surface area contributed by atoms with Crippen LogP contribution in [0.25, 0.3) is 0 Å². The van der Waals surface area contributed by atoms with Crippen LogP contribution in [0, 0.1) is 6.92 Å². The quantitative estimate of drug-likeness (QED) is 0.617. The zero-order valence-electron chi connectivity index (χ0n) is 13.7. The molecule has 0 saturated carbocycles. The Balaban J connectivity index is 1.74. The molecule has 1 aliphatic heterocycles. The third kappa shape index (κ3) is 3.86. The van der Waals surface area contributed by atoms with E-state index in [4.69, 9.17) is 8.92 Å². The Kier molecular flexibility index (Phi) is 4.73. The Morgan fingerprint density at radius 3 is 2.29 bits per heavy atom. The molecule has 1 aliphatic rings. The SMILES string of the molecule is CC1=CCOC(c2ccc(OS(=O)(=O)c3ccc(C)cc3)cc2)C1. The summed E-state index contributed by atoms with van der Waals surface area (Å²) in [5, 5.41) is 0. The van der Waals surface area contributed by atoms with E-state index in [1.165, 1.54) is 5.57 Å². The second-order valence-electron chi connectivity index (χ2n) is 6.00.